The third-order valence-corrected chi connectivity index (χ3v) is 4.31. The number of nitrogens with zero attached hydrogens (tertiary/aromatic N) is 1. The summed E-state index contributed by atoms with van der Waals surface area (Å²) in [6.07, 6.45) is 0.235. The van der Waals surface area contributed by atoms with E-state index in [1.165, 1.54) is 4.90 Å². The number of carbonyl (C=O) groups is 2. The van der Waals surface area contributed by atoms with Crippen molar-refractivity contribution in [2.45, 2.75) is 25.8 Å². The molecule has 144 valence electrons. The fourth-order valence-electron chi connectivity index (χ4n) is 2.86. The lowest BCUT2D eigenvalue weighted by Gasteiger charge is -2.23. The quantitative estimate of drug-likeness (QED) is 0.732. The largest absolute Gasteiger partial charge is 0.497 e. The van der Waals surface area contributed by atoms with Gasteiger partial charge < -0.3 is 19.5 Å². The summed E-state index contributed by atoms with van der Waals surface area (Å²) >= 11 is 0. The van der Waals surface area contributed by atoms with Gasteiger partial charge in [-0.25, -0.2) is 0 Å². The van der Waals surface area contributed by atoms with Crippen LogP contribution in [0.15, 0.2) is 48.5 Å². The molecule has 0 spiro atoms. The number of hydrogen-bond donors (Lipinski definition) is 1. The zero-order valence-electron chi connectivity index (χ0n) is 15.8. The molecule has 27 heavy (non-hydrogen) atoms. The summed E-state index contributed by atoms with van der Waals surface area (Å²) in [5, 5.41) is 9.22. The van der Waals surface area contributed by atoms with Crippen LogP contribution in [0, 0.1) is 0 Å². The molecule has 0 fully saturated rings. The van der Waals surface area contributed by atoms with E-state index in [0.717, 1.165) is 11.1 Å². The molecule has 2 aromatic rings. The molecule has 0 saturated heterocycles. The summed E-state index contributed by atoms with van der Waals surface area (Å²) in [4.78, 5) is 25.4. The molecule has 0 aliphatic carbocycles. The van der Waals surface area contributed by atoms with Crippen LogP contribution in [0.25, 0.3) is 0 Å². The van der Waals surface area contributed by atoms with Crippen LogP contribution in [0.1, 0.15) is 30.4 Å². The zero-order chi connectivity index (χ0) is 19.8. The number of benzene rings is 2. The number of methoxy groups -OCH3 is 2. The van der Waals surface area contributed by atoms with E-state index in [0.29, 0.717) is 11.5 Å². The fourth-order valence-corrected chi connectivity index (χ4v) is 2.86. The summed E-state index contributed by atoms with van der Waals surface area (Å²) < 4.78 is 10.5. The number of amides is 1. The van der Waals surface area contributed by atoms with Crippen molar-refractivity contribution in [3.8, 4) is 11.5 Å². The fraction of sp³-hybridized carbons (Fsp3) is 0.333. The van der Waals surface area contributed by atoms with Gasteiger partial charge in [-0.1, -0.05) is 37.3 Å². The SMILES string of the molecule is COc1cc(CN(CC(=O)O)C(=O)CC(C)c2ccccc2)cc(OC)c1. The molecule has 1 unspecified atom stereocenters. The van der Waals surface area contributed by atoms with Crippen LogP contribution in [0.3, 0.4) is 0 Å². The van der Waals surface area contributed by atoms with Crippen molar-refractivity contribution >= 4 is 11.9 Å². The molecule has 1 atom stereocenters. The van der Waals surface area contributed by atoms with Gasteiger partial charge in [0.1, 0.15) is 18.0 Å². The number of carboxylic acid groups (broad SMARTS) is 1. The van der Waals surface area contributed by atoms with Crippen LogP contribution in [-0.2, 0) is 16.1 Å². The minimum Gasteiger partial charge on any atom is -0.497 e. The van der Waals surface area contributed by atoms with Gasteiger partial charge in [-0.2, -0.15) is 0 Å². The Labute approximate surface area is 159 Å². The van der Waals surface area contributed by atoms with Crippen LogP contribution in [0.4, 0.5) is 0 Å². The first-order valence-corrected chi connectivity index (χ1v) is 8.69. The average Bonchev–Trinajstić information content (AvgIpc) is 2.67. The molecule has 6 heteroatoms. The zero-order valence-corrected chi connectivity index (χ0v) is 15.8. The molecule has 0 saturated carbocycles. The minimum atomic E-state index is -1.05. The van der Waals surface area contributed by atoms with Gasteiger partial charge >= 0.3 is 5.97 Å². The predicted octanol–water partition coefficient (Wildman–Crippen LogP) is 3.31. The smallest absolute Gasteiger partial charge is 0.323 e. The Morgan fingerprint density at radius 2 is 1.63 bits per heavy atom. The Kier molecular flexibility index (Phi) is 7.23. The topological polar surface area (TPSA) is 76.1 Å². The minimum absolute atomic E-state index is 0.00478. The molecule has 2 rings (SSSR count). The van der Waals surface area contributed by atoms with E-state index >= 15 is 0 Å². The highest BCUT2D eigenvalue weighted by atomic mass is 16.5. The summed E-state index contributed by atoms with van der Waals surface area (Å²) in [5.41, 5.74) is 1.79. The third kappa shape index (κ3) is 6.02. The molecule has 6 nitrogen and oxygen atoms in total. The monoisotopic (exact) mass is 371 g/mol. The second kappa shape index (κ2) is 9.62. The lowest BCUT2D eigenvalue weighted by molar-refractivity contribution is -0.145. The van der Waals surface area contributed by atoms with Gasteiger partial charge in [-0.15, -0.1) is 0 Å². The van der Waals surface area contributed by atoms with E-state index in [2.05, 4.69) is 0 Å². The first-order valence-electron chi connectivity index (χ1n) is 8.69. The van der Waals surface area contributed by atoms with Crippen molar-refractivity contribution in [2.24, 2.45) is 0 Å². The van der Waals surface area contributed by atoms with Gasteiger partial charge in [0.25, 0.3) is 0 Å². The molecule has 0 aliphatic rings. The highest BCUT2D eigenvalue weighted by molar-refractivity contribution is 5.82. The molecular weight excluding hydrogens is 346 g/mol. The van der Waals surface area contributed by atoms with E-state index in [9.17, 15) is 14.7 Å². The number of hydrogen-bond acceptors (Lipinski definition) is 4. The van der Waals surface area contributed by atoms with Crippen LogP contribution in [0.2, 0.25) is 0 Å². The van der Waals surface area contributed by atoms with Crippen molar-refractivity contribution in [3.05, 3.63) is 59.7 Å². The molecule has 1 N–H and O–H groups in total. The van der Waals surface area contributed by atoms with Crippen LogP contribution in [0.5, 0.6) is 11.5 Å². The standard InChI is InChI=1S/C21H25NO5/c1-15(17-7-5-4-6-8-17)9-20(23)22(14-21(24)25)13-16-10-18(26-2)12-19(11-16)27-3/h4-8,10-12,15H,9,13-14H2,1-3H3,(H,24,25). The lowest BCUT2D eigenvalue weighted by Crippen LogP contribution is -2.35. The van der Waals surface area contributed by atoms with Crippen LogP contribution < -0.4 is 9.47 Å². The molecule has 0 bridgehead atoms. The normalized spacial score (nSPS) is 11.5. The molecule has 1 amide bonds. The Morgan fingerprint density at radius 1 is 1.04 bits per heavy atom. The van der Waals surface area contributed by atoms with Crippen molar-refractivity contribution in [1.29, 1.82) is 0 Å². The van der Waals surface area contributed by atoms with Crippen molar-refractivity contribution < 1.29 is 24.2 Å². The van der Waals surface area contributed by atoms with Gasteiger partial charge in [0, 0.05) is 19.0 Å². The summed E-state index contributed by atoms with van der Waals surface area (Å²) in [7, 11) is 3.08. The van der Waals surface area contributed by atoms with Crippen molar-refractivity contribution in [1.82, 2.24) is 4.90 Å². The molecule has 0 radical (unpaired) electrons. The van der Waals surface area contributed by atoms with E-state index < -0.39 is 5.97 Å². The number of aliphatic carboxylic acids is 1. The van der Waals surface area contributed by atoms with Gasteiger partial charge in [0.15, 0.2) is 0 Å². The summed E-state index contributed by atoms with van der Waals surface area (Å²) in [6, 6.07) is 15.0. The van der Waals surface area contributed by atoms with Crippen molar-refractivity contribution in [3.63, 3.8) is 0 Å². The first-order chi connectivity index (χ1) is 12.9. The van der Waals surface area contributed by atoms with E-state index in [1.807, 2.05) is 37.3 Å². The number of carbonyl (C=O) groups excluding carboxylic acids is 1. The van der Waals surface area contributed by atoms with Crippen LogP contribution >= 0.6 is 0 Å². The Hall–Kier alpha value is -3.02. The van der Waals surface area contributed by atoms with E-state index in [4.69, 9.17) is 9.47 Å². The van der Waals surface area contributed by atoms with Gasteiger partial charge in [0.05, 0.1) is 14.2 Å². The molecule has 0 aromatic heterocycles. The maximum atomic E-state index is 12.8. The Balaban J connectivity index is 2.17. The number of rotatable bonds is 9. The van der Waals surface area contributed by atoms with Gasteiger partial charge in [-0.3, -0.25) is 9.59 Å². The van der Waals surface area contributed by atoms with E-state index in [1.54, 1.807) is 32.4 Å². The van der Waals surface area contributed by atoms with Gasteiger partial charge in [0.2, 0.25) is 5.91 Å². The van der Waals surface area contributed by atoms with Crippen LogP contribution in [-0.4, -0.2) is 42.6 Å². The highest BCUT2D eigenvalue weighted by Crippen LogP contribution is 2.25. The second-order valence-electron chi connectivity index (χ2n) is 6.38. The van der Waals surface area contributed by atoms with E-state index in [-0.39, 0.29) is 31.3 Å². The molecule has 0 heterocycles. The van der Waals surface area contributed by atoms with Crippen molar-refractivity contribution in [2.75, 3.05) is 20.8 Å². The first kappa shape index (κ1) is 20.3. The average molecular weight is 371 g/mol. The number of carboxylic acids is 1. The Bertz CT molecular complexity index is 753. The third-order valence-electron chi connectivity index (χ3n) is 4.31. The molecular formula is C21H25NO5. The summed E-state index contributed by atoms with van der Waals surface area (Å²) in [6.45, 7) is 1.76. The van der Waals surface area contributed by atoms with Gasteiger partial charge in [-0.05, 0) is 29.2 Å². The highest BCUT2D eigenvalue weighted by Gasteiger charge is 2.21. The lowest BCUT2D eigenvalue weighted by atomic mass is 9.97. The second-order valence-corrected chi connectivity index (χ2v) is 6.38. The molecule has 0 aliphatic heterocycles. The Morgan fingerprint density at radius 3 is 2.15 bits per heavy atom. The molecule has 2 aromatic carbocycles. The summed E-state index contributed by atoms with van der Waals surface area (Å²) in [5.74, 6) is -0.0922. The number of ether oxygens (including phenoxy) is 2. The maximum absolute atomic E-state index is 12.8. The maximum Gasteiger partial charge on any atom is 0.323 e. The predicted molar refractivity (Wildman–Crippen MR) is 102 cm³/mol.